The molecule has 0 spiro atoms. The third kappa shape index (κ3) is 3.22. The van der Waals surface area contributed by atoms with Crippen LogP contribution in [0.4, 0.5) is 0 Å². The van der Waals surface area contributed by atoms with Gasteiger partial charge in [0.15, 0.2) is 5.78 Å². The summed E-state index contributed by atoms with van der Waals surface area (Å²) in [5.74, 6) is 0.459. The number of phenolic OH excluding ortho intramolecular Hbond substituents is 1. The Kier molecular flexibility index (Phi) is 4.77. The topological polar surface area (TPSA) is 75.4 Å². The van der Waals surface area contributed by atoms with Gasteiger partial charge in [-0.15, -0.1) is 0 Å². The van der Waals surface area contributed by atoms with Crippen molar-refractivity contribution in [1.29, 1.82) is 0 Å². The fourth-order valence-electron chi connectivity index (χ4n) is 3.72. The van der Waals surface area contributed by atoms with Crippen molar-refractivity contribution < 1.29 is 14.4 Å². The van der Waals surface area contributed by atoms with E-state index in [9.17, 15) is 9.90 Å². The zero-order valence-corrected chi connectivity index (χ0v) is 16.4. The van der Waals surface area contributed by atoms with E-state index in [0.29, 0.717) is 22.7 Å². The highest BCUT2D eigenvalue weighted by Gasteiger charge is 2.25. The number of rotatable bonds is 4. The summed E-state index contributed by atoms with van der Waals surface area (Å²) in [6.45, 7) is 7.45. The second-order valence-electron chi connectivity index (χ2n) is 7.63. The molecular formula is C23H24N2O3. The molecule has 1 aliphatic rings. The molecule has 4 rings (SSSR count). The highest BCUT2D eigenvalue weighted by Crippen LogP contribution is 2.40. The van der Waals surface area contributed by atoms with Gasteiger partial charge in [-0.25, -0.2) is 0 Å². The molecule has 0 saturated heterocycles. The molecule has 0 aliphatic carbocycles. The molecule has 2 heterocycles. The molecule has 0 fully saturated rings. The van der Waals surface area contributed by atoms with Crippen molar-refractivity contribution in [2.45, 2.75) is 39.7 Å². The predicted molar refractivity (Wildman–Crippen MR) is 109 cm³/mol. The average molecular weight is 376 g/mol. The van der Waals surface area contributed by atoms with Gasteiger partial charge < -0.3 is 14.9 Å². The van der Waals surface area contributed by atoms with E-state index in [2.05, 4.69) is 36.5 Å². The molecule has 2 aromatic carbocycles. The number of hydrogen-bond acceptors (Lipinski definition) is 5. The molecular weight excluding hydrogens is 352 g/mol. The van der Waals surface area contributed by atoms with Gasteiger partial charge in [0.1, 0.15) is 11.4 Å². The Balaban J connectivity index is 1.92. The lowest BCUT2D eigenvalue weighted by atomic mass is 9.91. The standard InChI is InChI=1S/C23H24N2O3/c1-13(2)15-6-7-20(27)19(11-15)22-21(23(14(3)26)28-25-22)17-4-5-18-12-24-9-8-16(18)10-17/h4-7,10-11,13,24,27H,8-9,12H2,1-3H3. The SMILES string of the molecule is CC(=O)c1onc(-c2cc(C(C)C)ccc2O)c1-c1ccc2c(c1)CCNC2. The second kappa shape index (κ2) is 7.24. The van der Waals surface area contributed by atoms with E-state index in [1.165, 1.54) is 18.1 Å². The van der Waals surface area contributed by atoms with Gasteiger partial charge in [-0.05, 0) is 53.3 Å². The number of fused-ring (bicyclic) bond motifs is 1. The van der Waals surface area contributed by atoms with Crippen LogP contribution in [0.25, 0.3) is 22.4 Å². The molecule has 1 aliphatic heterocycles. The van der Waals surface area contributed by atoms with E-state index in [0.717, 1.165) is 30.6 Å². The third-order valence-corrected chi connectivity index (χ3v) is 5.34. The van der Waals surface area contributed by atoms with Crippen molar-refractivity contribution in [2.75, 3.05) is 6.54 Å². The summed E-state index contributed by atoms with van der Waals surface area (Å²) in [4.78, 5) is 12.2. The summed E-state index contributed by atoms with van der Waals surface area (Å²) in [7, 11) is 0. The van der Waals surface area contributed by atoms with Crippen LogP contribution in [0.3, 0.4) is 0 Å². The number of aromatic hydroxyl groups is 1. The quantitative estimate of drug-likeness (QED) is 0.646. The molecule has 2 N–H and O–H groups in total. The first-order chi connectivity index (χ1) is 13.5. The van der Waals surface area contributed by atoms with Crippen LogP contribution >= 0.6 is 0 Å². The van der Waals surface area contributed by atoms with Crippen molar-refractivity contribution in [2.24, 2.45) is 0 Å². The summed E-state index contributed by atoms with van der Waals surface area (Å²) in [5, 5.41) is 18.1. The summed E-state index contributed by atoms with van der Waals surface area (Å²) < 4.78 is 5.44. The minimum atomic E-state index is -0.187. The second-order valence-corrected chi connectivity index (χ2v) is 7.63. The largest absolute Gasteiger partial charge is 0.507 e. The molecule has 0 atom stereocenters. The monoisotopic (exact) mass is 376 g/mol. The maximum Gasteiger partial charge on any atom is 0.210 e. The number of carbonyl (C=O) groups is 1. The number of nitrogens with one attached hydrogen (secondary N) is 1. The predicted octanol–water partition coefficient (Wildman–Crippen LogP) is 4.69. The van der Waals surface area contributed by atoms with Gasteiger partial charge in [-0.3, -0.25) is 4.79 Å². The Bertz CT molecular complexity index is 1050. The number of aromatic nitrogens is 1. The van der Waals surface area contributed by atoms with Gasteiger partial charge in [0.25, 0.3) is 0 Å². The zero-order valence-electron chi connectivity index (χ0n) is 16.4. The number of hydrogen-bond donors (Lipinski definition) is 2. The van der Waals surface area contributed by atoms with E-state index in [4.69, 9.17) is 4.52 Å². The summed E-state index contributed by atoms with van der Waals surface area (Å²) in [5.41, 5.74) is 6.22. The van der Waals surface area contributed by atoms with Crippen LogP contribution < -0.4 is 5.32 Å². The Labute approximate surface area is 164 Å². The van der Waals surface area contributed by atoms with Crippen LogP contribution in [0.1, 0.15) is 53.9 Å². The van der Waals surface area contributed by atoms with Crippen molar-refractivity contribution in [1.82, 2.24) is 10.5 Å². The van der Waals surface area contributed by atoms with Gasteiger partial charge in [0.05, 0.1) is 5.56 Å². The zero-order chi connectivity index (χ0) is 19.8. The summed E-state index contributed by atoms with van der Waals surface area (Å²) >= 11 is 0. The third-order valence-electron chi connectivity index (χ3n) is 5.34. The maximum absolute atomic E-state index is 12.2. The first-order valence-corrected chi connectivity index (χ1v) is 9.62. The number of Topliss-reactive ketones (excluding diaryl/α,β-unsaturated/α-hetero) is 1. The van der Waals surface area contributed by atoms with Crippen molar-refractivity contribution in [3.8, 4) is 28.1 Å². The van der Waals surface area contributed by atoms with Crippen LogP contribution in [-0.2, 0) is 13.0 Å². The van der Waals surface area contributed by atoms with Gasteiger partial charge in [-0.2, -0.15) is 0 Å². The molecule has 144 valence electrons. The summed E-state index contributed by atoms with van der Waals surface area (Å²) in [6.07, 6.45) is 0.938. The molecule has 0 radical (unpaired) electrons. The molecule has 0 amide bonds. The minimum absolute atomic E-state index is 0.121. The molecule has 0 saturated carbocycles. The van der Waals surface area contributed by atoms with Crippen LogP contribution in [0.5, 0.6) is 5.75 Å². The van der Waals surface area contributed by atoms with E-state index >= 15 is 0 Å². The van der Waals surface area contributed by atoms with E-state index in [-0.39, 0.29) is 17.3 Å². The Morgan fingerprint density at radius 3 is 2.75 bits per heavy atom. The average Bonchev–Trinajstić information content (AvgIpc) is 3.13. The van der Waals surface area contributed by atoms with Crippen LogP contribution in [0.15, 0.2) is 40.9 Å². The fraction of sp³-hybridized carbons (Fsp3) is 0.304. The fourth-order valence-corrected chi connectivity index (χ4v) is 3.72. The lowest BCUT2D eigenvalue weighted by Crippen LogP contribution is -2.23. The Hall–Kier alpha value is -2.92. The van der Waals surface area contributed by atoms with Gasteiger partial charge in [0, 0.05) is 19.0 Å². The number of nitrogens with zero attached hydrogens (tertiary/aromatic N) is 1. The molecule has 1 aromatic heterocycles. The normalized spacial score (nSPS) is 13.6. The molecule has 5 nitrogen and oxygen atoms in total. The lowest BCUT2D eigenvalue weighted by Gasteiger charge is -2.18. The smallest absolute Gasteiger partial charge is 0.210 e. The highest BCUT2D eigenvalue weighted by molar-refractivity contribution is 6.02. The first kappa shape index (κ1) is 18.4. The Morgan fingerprint density at radius 1 is 1.18 bits per heavy atom. The van der Waals surface area contributed by atoms with E-state index in [1.54, 1.807) is 6.07 Å². The van der Waals surface area contributed by atoms with Gasteiger partial charge in [-0.1, -0.05) is 43.3 Å². The molecule has 0 bridgehead atoms. The van der Waals surface area contributed by atoms with Crippen molar-refractivity contribution in [3.63, 3.8) is 0 Å². The molecule has 0 unspecified atom stereocenters. The maximum atomic E-state index is 12.2. The minimum Gasteiger partial charge on any atom is -0.507 e. The number of benzene rings is 2. The molecule has 3 aromatic rings. The van der Waals surface area contributed by atoms with Gasteiger partial charge >= 0.3 is 0 Å². The van der Waals surface area contributed by atoms with E-state index < -0.39 is 0 Å². The summed E-state index contributed by atoms with van der Waals surface area (Å²) in [6, 6.07) is 11.7. The first-order valence-electron chi connectivity index (χ1n) is 9.62. The van der Waals surface area contributed by atoms with Crippen LogP contribution in [0, 0.1) is 0 Å². The highest BCUT2D eigenvalue weighted by atomic mass is 16.5. The molecule has 28 heavy (non-hydrogen) atoms. The van der Waals surface area contributed by atoms with Crippen LogP contribution in [-0.4, -0.2) is 22.6 Å². The number of carbonyl (C=O) groups excluding carboxylic acids is 1. The molecule has 5 heteroatoms. The van der Waals surface area contributed by atoms with Crippen molar-refractivity contribution >= 4 is 5.78 Å². The lowest BCUT2D eigenvalue weighted by molar-refractivity contribution is 0.0979. The van der Waals surface area contributed by atoms with Crippen LogP contribution in [0.2, 0.25) is 0 Å². The van der Waals surface area contributed by atoms with Crippen molar-refractivity contribution in [3.05, 3.63) is 58.8 Å². The van der Waals surface area contributed by atoms with Gasteiger partial charge in [0.2, 0.25) is 5.76 Å². The number of phenols is 1. The Morgan fingerprint density at radius 2 is 2.00 bits per heavy atom. The number of ketones is 1. The van der Waals surface area contributed by atoms with E-state index in [1.807, 2.05) is 18.2 Å².